The van der Waals surface area contributed by atoms with Gasteiger partial charge in [0.05, 0.1) is 6.54 Å². The first-order chi connectivity index (χ1) is 18.5. The number of hydrogen-bond donors (Lipinski definition) is 1. The quantitative estimate of drug-likeness (QED) is 0.316. The molecule has 214 valence electrons. The summed E-state index contributed by atoms with van der Waals surface area (Å²) in [6, 6.07) is 6.90. The van der Waals surface area contributed by atoms with Crippen LogP contribution in [-0.2, 0) is 25.2 Å². The lowest BCUT2D eigenvalue weighted by atomic mass is 10.2. The van der Waals surface area contributed by atoms with Crippen LogP contribution in [0.2, 0.25) is 5.02 Å². The first-order valence-electron chi connectivity index (χ1n) is 11.0. The standard InChI is InChI=1S/C22H16ClF8N7O2/c1-20(24,25)18-33-15(34-38(18)17-13(21(26,27)28)3-2-8-32-17)10-37-19(40)36(9-14(39)22(29,30)31)16(35-37)11-4-6-12(23)7-5-11/h2-8,14,39H,9-10H2,1H3. The highest BCUT2D eigenvalue weighted by molar-refractivity contribution is 6.30. The number of pyridine rings is 1. The van der Waals surface area contributed by atoms with E-state index in [-0.39, 0.29) is 21.1 Å². The molecule has 1 aromatic carbocycles. The van der Waals surface area contributed by atoms with Crippen molar-refractivity contribution in [2.24, 2.45) is 0 Å². The van der Waals surface area contributed by atoms with Crippen LogP contribution in [-0.4, -0.2) is 51.5 Å². The maximum absolute atomic E-state index is 14.4. The molecule has 3 aromatic heterocycles. The van der Waals surface area contributed by atoms with E-state index in [0.29, 0.717) is 22.2 Å². The van der Waals surface area contributed by atoms with Gasteiger partial charge in [-0.3, -0.25) is 4.57 Å². The highest BCUT2D eigenvalue weighted by Gasteiger charge is 2.41. The van der Waals surface area contributed by atoms with Crippen LogP contribution in [0.25, 0.3) is 17.2 Å². The molecule has 0 aliphatic rings. The zero-order valence-corrected chi connectivity index (χ0v) is 20.7. The fraction of sp³-hybridized carbons (Fsp3) is 0.318. The van der Waals surface area contributed by atoms with Crippen LogP contribution < -0.4 is 5.69 Å². The number of aromatic nitrogens is 7. The Morgan fingerprint density at radius 1 is 1.00 bits per heavy atom. The second kappa shape index (κ2) is 10.3. The lowest BCUT2D eigenvalue weighted by Crippen LogP contribution is -2.37. The van der Waals surface area contributed by atoms with Gasteiger partial charge in [0.15, 0.2) is 23.6 Å². The third kappa shape index (κ3) is 5.99. The Labute approximate surface area is 223 Å². The molecule has 1 unspecified atom stereocenters. The molecule has 0 saturated carbocycles. The van der Waals surface area contributed by atoms with Crippen LogP contribution >= 0.6 is 11.6 Å². The summed E-state index contributed by atoms with van der Waals surface area (Å²) in [5.41, 5.74) is -2.51. The molecule has 0 bridgehead atoms. The van der Waals surface area contributed by atoms with Gasteiger partial charge in [-0.15, -0.1) is 10.2 Å². The van der Waals surface area contributed by atoms with Gasteiger partial charge in [0.2, 0.25) is 5.82 Å². The molecule has 0 amide bonds. The first kappa shape index (κ1) is 29.1. The zero-order chi connectivity index (χ0) is 29.6. The minimum absolute atomic E-state index is 0.109. The van der Waals surface area contributed by atoms with Crippen molar-refractivity contribution in [1.82, 2.24) is 34.1 Å². The molecule has 18 heteroatoms. The molecule has 40 heavy (non-hydrogen) atoms. The van der Waals surface area contributed by atoms with E-state index in [2.05, 4.69) is 20.2 Å². The van der Waals surface area contributed by atoms with Gasteiger partial charge in [0.25, 0.3) is 0 Å². The topological polar surface area (TPSA) is 104 Å². The number of aliphatic hydroxyl groups is 1. The van der Waals surface area contributed by atoms with Crippen LogP contribution in [0.1, 0.15) is 24.1 Å². The van der Waals surface area contributed by atoms with Gasteiger partial charge in [0, 0.05) is 23.7 Å². The summed E-state index contributed by atoms with van der Waals surface area (Å²) >= 11 is 5.83. The number of alkyl halides is 8. The van der Waals surface area contributed by atoms with E-state index in [1.165, 1.54) is 24.3 Å². The van der Waals surface area contributed by atoms with Crippen LogP contribution in [0.5, 0.6) is 0 Å². The number of aliphatic hydroxyl groups excluding tert-OH is 1. The van der Waals surface area contributed by atoms with Crippen molar-refractivity contribution >= 4 is 11.6 Å². The molecule has 0 fully saturated rings. The number of benzene rings is 1. The van der Waals surface area contributed by atoms with Gasteiger partial charge in [-0.2, -0.15) is 39.8 Å². The highest BCUT2D eigenvalue weighted by Crippen LogP contribution is 2.35. The lowest BCUT2D eigenvalue weighted by molar-refractivity contribution is -0.207. The molecule has 3 heterocycles. The van der Waals surface area contributed by atoms with Crippen LogP contribution in [0.4, 0.5) is 35.1 Å². The van der Waals surface area contributed by atoms with Gasteiger partial charge in [-0.25, -0.2) is 19.4 Å². The van der Waals surface area contributed by atoms with Crippen LogP contribution in [0, 0.1) is 0 Å². The van der Waals surface area contributed by atoms with Crippen molar-refractivity contribution in [1.29, 1.82) is 0 Å². The number of rotatable bonds is 7. The van der Waals surface area contributed by atoms with Gasteiger partial charge in [-0.1, -0.05) is 11.6 Å². The second-order valence-electron chi connectivity index (χ2n) is 8.46. The van der Waals surface area contributed by atoms with E-state index in [4.69, 9.17) is 11.6 Å². The van der Waals surface area contributed by atoms with Crippen LogP contribution in [0.3, 0.4) is 0 Å². The molecule has 1 atom stereocenters. The summed E-state index contributed by atoms with van der Waals surface area (Å²) in [5.74, 6) is -7.07. The van der Waals surface area contributed by atoms with Crippen molar-refractivity contribution < 1.29 is 40.2 Å². The molecular formula is C22H16ClF8N7O2. The third-order valence-corrected chi connectivity index (χ3v) is 5.64. The Bertz CT molecular complexity index is 1570. The van der Waals surface area contributed by atoms with Crippen molar-refractivity contribution in [3.63, 3.8) is 0 Å². The minimum Gasteiger partial charge on any atom is -0.382 e. The fourth-order valence-corrected chi connectivity index (χ4v) is 3.70. The molecule has 0 spiro atoms. The second-order valence-corrected chi connectivity index (χ2v) is 8.90. The molecule has 1 N–H and O–H groups in total. The Balaban J connectivity index is 1.83. The number of hydrogen-bond acceptors (Lipinski definition) is 6. The summed E-state index contributed by atoms with van der Waals surface area (Å²) in [6.07, 6.45) is -12.2. The zero-order valence-electron chi connectivity index (χ0n) is 19.9. The van der Waals surface area contributed by atoms with E-state index < -0.39 is 66.2 Å². The fourth-order valence-electron chi connectivity index (χ4n) is 3.57. The van der Waals surface area contributed by atoms with E-state index in [9.17, 15) is 45.0 Å². The van der Waals surface area contributed by atoms with Crippen molar-refractivity contribution in [3.8, 4) is 17.2 Å². The van der Waals surface area contributed by atoms with Gasteiger partial charge >= 0.3 is 24.0 Å². The predicted molar refractivity (Wildman–Crippen MR) is 122 cm³/mol. The maximum Gasteiger partial charge on any atom is 0.420 e. The van der Waals surface area contributed by atoms with E-state index >= 15 is 0 Å². The molecule has 9 nitrogen and oxygen atoms in total. The molecule has 4 rings (SSSR count). The van der Waals surface area contributed by atoms with Crippen molar-refractivity contribution in [2.75, 3.05) is 0 Å². The molecule has 4 aromatic rings. The Kier molecular flexibility index (Phi) is 7.48. The van der Waals surface area contributed by atoms with Gasteiger partial charge < -0.3 is 5.11 Å². The van der Waals surface area contributed by atoms with Crippen molar-refractivity contribution in [2.45, 2.75) is 44.4 Å². The molecule has 0 aliphatic carbocycles. The van der Waals surface area contributed by atoms with Crippen molar-refractivity contribution in [3.05, 3.63) is 75.3 Å². The van der Waals surface area contributed by atoms with E-state index in [0.717, 1.165) is 12.3 Å². The number of nitrogens with zero attached hydrogens (tertiary/aromatic N) is 7. The van der Waals surface area contributed by atoms with E-state index in [1.807, 2.05) is 0 Å². The largest absolute Gasteiger partial charge is 0.420 e. The molecular weight excluding hydrogens is 582 g/mol. The molecule has 0 aliphatic heterocycles. The number of halogens is 9. The normalized spacial score (nSPS) is 13.6. The maximum atomic E-state index is 14.4. The van der Waals surface area contributed by atoms with Gasteiger partial charge in [-0.05, 0) is 36.4 Å². The first-order valence-corrected chi connectivity index (χ1v) is 11.4. The van der Waals surface area contributed by atoms with Crippen LogP contribution in [0.15, 0.2) is 47.4 Å². The lowest BCUT2D eigenvalue weighted by Gasteiger charge is -2.15. The summed E-state index contributed by atoms with van der Waals surface area (Å²) in [7, 11) is 0. The summed E-state index contributed by atoms with van der Waals surface area (Å²) in [4.78, 5) is 20.1. The smallest absolute Gasteiger partial charge is 0.382 e. The SMILES string of the molecule is CC(F)(F)c1nc(Cn2nc(-c3ccc(Cl)cc3)n(CC(O)C(F)(F)F)c2=O)nn1-c1ncccc1C(F)(F)F. The average molecular weight is 598 g/mol. The Morgan fingerprint density at radius 3 is 2.23 bits per heavy atom. The average Bonchev–Trinajstić information content (AvgIpc) is 3.41. The highest BCUT2D eigenvalue weighted by atomic mass is 35.5. The summed E-state index contributed by atoms with van der Waals surface area (Å²) < 4.78 is 110. The summed E-state index contributed by atoms with van der Waals surface area (Å²) in [6.45, 7) is -1.76. The molecule has 0 saturated heterocycles. The predicted octanol–water partition coefficient (Wildman–Crippen LogP) is 4.44. The van der Waals surface area contributed by atoms with Gasteiger partial charge in [0.1, 0.15) is 12.1 Å². The monoisotopic (exact) mass is 597 g/mol. The Morgan fingerprint density at radius 2 is 1.65 bits per heavy atom. The molecule has 0 radical (unpaired) electrons. The Hall–Kier alpha value is -3.86. The summed E-state index contributed by atoms with van der Waals surface area (Å²) in [5, 5.41) is 17.5. The minimum atomic E-state index is -5.10. The third-order valence-electron chi connectivity index (χ3n) is 5.39. The van der Waals surface area contributed by atoms with E-state index in [1.54, 1.807) is 0 Å².